The smallest absolute Gasteiger partial charge is 0.174 e. The summed E-state index contributed by atoms with van der Waals surface area (Å²) in [7, 11) is 0. The fourth-order valence-electron chi connectivity index (χ4n) is 2.45. The average Bonchev–Trinajstić information content (AvgIpc) is 2.97. The van der Waals surface area contributed by atoms with Crippen molar-refractivity contribution in [1.82, 2.24) is 14.6 Å². The van der Waals surface area contributed by atoms with E-state index in [2.05, 4.69) is 16.2 Å². The highest BCUT2D eigenvalue weighted by molar-refractivity contribution is 6.29. The van der Waals surface area contributed by atoms with Gasteiger partial charge in [-0.15, -0.1) is 0 Å². The van der Waals surface area contributed by atoms with Crippen LogP contribution in [-0.2, 0) is 0 Å². The maximum atomic E-state index is 8.99. The van der Waals surface area contributed by atoms with Gasteiger partial charge in [0.2, 0.25) is 0 Å². The second kappa shape index (κ2) is 4.01. The fraction of sp³-hybridized carbons (Fsp3) is 0.417. The van der Waals surface area contributed by atoms with Gasteiger partial charge in [0.1, 0.15) is 16.8 Å². The summed E-state index contributed by atoms with van der Waals surface area (Å²) in [6.45, 7) is 0. The van der Waals surface area contributed by atoms with Crippen LogP contribution < -0.4 is 0 Å². The van der Waals surface area contributed by atoms with E-state index in [0.717, 1.165) is 18.5 Å². The molecule has 0 saturated heterocycles. The van der Waals surface area contributed by atoms with Crippen molar-refractivity contribution in [3.8, 4) is 6.07 Å². The Balaban J connectivity index is 2.17. The van der Waals surface area contributed by atoms with E-state index in [9.17, 15) is 0 Å². The van der Waals surface area contributed by atoms with Crippen LogP contribution in [-0.4, -0.2) is 14.6 Å². The van der Waals surface area contributed by atoms with Gasteiger partial charge in [0.05, 0.1) is 6.20 Å². The minimum absolute atomic E-state index is 0.478. The van der Waals surface area contributed by atoms with Crippen molar-refractivity contribution < 1.29 is 0 Å². The van der Waals surface area contributed by atoms with E-state index >= 15 is 0 Å². The lowest BCUT2D eigenvalue weighted by atomic mass is 10.0. The Morgan fingerprint density at radius 1 is 1.41 bits per heavy atom. The second-order valence-corrected chi connectivity index (χ2v) is 4.78. The molecule has 2 aromatic rings. The van der Waals surface area contributed by atoms with Crippen molar-refractivity contribution >= 4 is 17.2 Å². The largest absolute Gasteiger partial charge is 0.232 e. The van der Waals surface area contributed by atoms with Gasteiger partial charge in [-0.05, 0) is 18.9 Å². The summed E-state index contributed by atoms with van der Waals surface area (Å²) in [5, 5.41) is 13.6. The van der Waals surface area contributed by atoms with Crippen LogP contribution in [0.15, 0.2) is 12.3 Å². The number of nitriles is 1. The van der Waals surface area contributed by atoms with Crippen molar-refractivity contribution in [3.05, 3.63) is 28.7 Å². The predicted molar refractivity (Wildman–Crippen MR) is 63.9 cm³/mol. The van der Waals surface area contributed by atoms with Crippen molar-refractivity contribution in [3.63, 3.8) is 0 Å². The summed E-state index contributed by atoms with van der Waals surface area (Å²) < 4.78 is 1.51. The summed E-state index contributed by atoms with van der Waals surface area (Å²) in [6, 6.07) is 3.96. The number of rotatable bonds is 1. The zero-order valence-corrected chi connectivity index (χ0v) is 9.98. The Kier molecular flexibility index (Phi) is 2.49. The molecule has 4 nitrogen and oxygen atoms in total. The third-order valence-electron chi connectivity index (χ3n) is 3.34. The molecular formula is C12H11ClN4. The van der Waals surface area contributed by atoms with E-state index in [1.165, 1.54) is 23.6 Å². The summed E-state index contributed by atoms with van der Waals surface area (Å²) in [6.07, 6.45) is 6.33. The standard InChI is InChI=1S/C12H11ClN4/c13-11-5-10(8-3-1-2-4-8)16-12-9(6-14)7-15-17(11)12/h5,7-8H,1-4H2. The van der Waals surface area contributed by atoms with Gasteiger partial charge in [0.25, 0.3) is 0 Å². The zero-order valence-electron chi connectivity index (χ0n) is 9.23. The fourth-order valence-corrected chi connectivity index (χ4v) is 2.69. The summed E-state index contributed by atoms with van der Waals surface area (Å²) in [5.41, 5.74) is 2.05. The molecule has 0 radical (unpaired) electrons. The molecule has 3 rings (SSSR count). The van der Waals surface area contributed by atoms with Gasteiger partial charge >= 0.3 is 0 Å². The molecule has 17 heavy (non-hydrogen) atoms. The van der Waals surface area contributed by atoms with E-state index in [1.54, 1.807) is 0 Å². The quantitative estimate of drug-likeness (QED) is 0.727. The third-order valence-corrected chi connectivity index (χ3v) is 3.61. The first-order valence-corrected chi connectivity index (χ1v) is 6.11. The first-order chi connectivity index (χ1) is 8.29. The first kappa shape index (κ1) is 10.5. The molecule has 0 N–H and O–H groups in total. The van der Waals surface area contributed by atoms with E-state index in [4.69, 9.17) is 16.9 Å². The van der Waals surface area contributed by atoms with Gasteiger partial charge in [-0.3, -0.25) is 0 Å². The van der Waals surface area contributed by atoms with Crippen LogP contribution in [0.5, 0.6) is 0 Å². The number of hydrogen-bond donors (Lipinski definition) is 0. The normalized spacial score (nSPS) is 16.5. The highest BCUT2D eigenvalue weighted by Crippen LogP contribution is 2.34. The van der Waals surface area contributed by atoms with Crippen molar-refractivity contribution in [1.29, 1.82) is 5.26 Å². The van der Waals surface area contributed by atoms with Crippen LogP contribution in [0.25, 0.3) is 5.65 Å². The SMILES string of the molecule is N#Cc1cnn2c(Cl)cc(C3CCCC3)nc12. The Hall–Kier alpha value is -1.60. The van der Waals surface area contributed by atoms with Gasteiger partial charge in [0, 0.05) is 11.6 Å². The summed E-state index contributed by atoms with van der Waals surface area (Å²) >= 11 is 6.16. The monoisotopic (exact) mass is 246 g/mol. The predicted octanol–water partition coefficient (Wildman–Crippen LogP) is 2.91. The average molecular weight is 247 g/mol. The molecule has 0 bridgehead atoms. The van der Waals surface area contributed by atoms with Gasteiger partial charge in [-0.25, -0.2) is 9.50 Å². The molecule has 0 amide bonds. The molecule has 1 aliphatic carbocycles. The van der Waals surface area contributed by atoms with Crippen LogP contribution in [0.1, 0.15) is 42.9 Å². The molecule has 0 unspecified atom stereocenters. The van der Waals surface area contributed by atoms with Crippen molar-refractivity contribution in [2.75, 3.05) is 0 Å². The topological polar surface area (TPSA) is 54.0 Å². The number of aromatic nitrogens is 3. The molecule has 5 heteroatoms. The Morgan fingerprint density at radius 3 is 2.88 bits per heavy atom. The lowest BCUT2D eigenvalue weighted by molar-refractivity contribution is 0.694. The molecule has 2 heterocycles. The van der Waals surface area contributed by atoms with E-state index < -0.39 is 0 Å². The Labute approximate surface area is 104 Å². The lowest BCUT2D eigenvalue weighted by Gasteiger charge is -2.09. The molecular weight excluding hydrogens is 236 g/mol. The highest BCUT2D eigenvalue weighted by atomic mass is 35.5. The highest BCUT2D eigenvalue weighted by Gasteiger charge is 2.20. The van der Waals surface area contributed by atoms with Crippen LogP contribution in [0.2, 0.25) is 5.15 Å². The van der Waals surface area contributed by atoms with Crippen LogP contribution in [0.4, 0.5) is 0 Å². The lowest BCUT2D eigenvalue weighted by Crippen LogP contribution is -2.01. The second-order valence-electron chi connectivity index (χ2n) is 4.39. The molecule has 2 aromatic heterocycles. The van der Waals surface area contributed by atoms with Gasteiger partial charge < -0.3 is 0 Å². The van der Waals surface area contributed by atoms with Gasteiger partial charge in [-0.1, -0.05) is 24.4 Å². The van der Waals surface area contributed by atoms with Gasteiger partial charge in [-0.2, -0.15) is 10.4 Å². The number of nitrogens with zero attached hydrogens (tertiary/aromatic N) is 4. The minimum atomic E-state index is 0.478. The molecule has 0 aromatic carbocycles. The molecule has 1 saturated carbocycles. The Morgan fingerprint density at radius 2 is 2.18 bits per heavy atom. The molecule has 0 atom stereocenters. The van der Waals surface area contributed by atoms with Crippen molar-refractivity contribution in [2.24, 2.45) is 0 Å². The van der Waals surface area contributed by atoms with E-state index in [1.807, 2.05) is 6.07 Å². The van der Waals surface area contributed by atoms with E-state index in [0.29, 0.717) is 22.3 Å². The number of fused-ring (bicyclic) bond motifs is 1. The third kappa shape index (κ3) is 1.67. The molecule has 1 fully saturated rings. The summed E-state index contributed by atoms with van der Waals surface area (Å²) in [4.78, 5) is 4.54. The number of hydrogen-bond acceptors (Lipinski definition) is 3. The van der Waals surface area contributed by atoms with Crippen LogP contribution >= 0.6 is 11.6 Å². The van der Waals surface area contributed by atoms with Gasteiger partial charge in [0.15, 0.2) is 5.65 Å². The molecule has 1 aliphatic rings. The molecule has 0 spiro atoms. The zero-order chi connectivity index (χ0) is 11.8. The maximum Gasteiger partial charge on any atom is 0.174 e. The number of halogens is 1. The Bertz CT molecular complexity index is 605. The van der Waals surface area contributed by atoms with Crippen LogP contribution in [0, 0.1) is 11.3 Å². The maximum absolute atomic E-state index is 8.99. The van der Waals surface area contributed by atoms with E-state index in [-0.39, 0.29) is 0 Å². The van der Waals surface area contributed by atoms with Crippen molar-refractivity contribution in [2.45, 2.75) is 31.6 Å². The molecule has 0 aliphatic heterocycles. The first-order valence-electron chi connectivity index (χ1n) is 5.74. The summed E-state index contributed by atoms with van der Waals surface area (Å²) in [5.74, 6) is 0.485. The van der Waals surface area contributed by atoms with Crippen LogP contribution in [0.3, 0.4) is 0 Å². The minimum Gasteiger partial charge on any atom is -0.232 e. The molecule has 86 valence electrons.